The standard InChI is InChI=1S/C19H16F3N5O/c20-19(21,22)17-7-6-14(10-23-17)18(28)26-9-8-15(11-26)27-12-16(24-25-27)13-4-2-1-3-5-13/h1-7,10,12,15H,8-9,11H2/t15-/m0/s1. The zero-order chi connectivity index (χ0) is 19.7. The Morgan fingerprint density at radius 1 is 1.11 bits per heavy atom. The van der Waals surface area contributed by atoms with Crippen molar-refractivity contribution in [3.05, 3.63) is 66.1 Å². The van der Waals surface area contributed by atoms with Crippen LogP contribution in [0.5, 0.6) is 0 Å². The number of alkyl halides is 3. The van der Waals surface area contributed by atoms with Gasteiger partial charge in [0.05, 0.1) is 17.8 Å². The fourth-order valence-corrected chi connectivity index (χ4v) is 3.21. The highest BCUT2D eigenvalue weighted by molar-refractivity contribution is 5.94. The van der Waals surface area contributed by atoms with Crippen LogP contribution in [0.3, 0.4) is 0 Å². The molecule has 2 aromatic heterocycles. The number of carbonyl (C=O) groups is 1. The minimum absolute atomic E-state index is 0.0312. The van der Waals surface area contributed by atoms with Crippen LogP contribution >= 0.6 is 0 Å². The largest absolute Gasteiger partial charge is 0.433 e. The maximum Gasteiger partial charge on any atom is 0.433 e. The number of amides is 1. The molecule has 1 aliphatic heterocycles. The Morgan fingerprint density at radius 3 is 2.57 bits per heavy atom. The van der Waals surface area contributed by atoms with Crippen molar-refractivity contribution in [2.75, 3.05) is 13.1 Å². The van der Waals surface area contributed by atoms with Crippen LogP contribution < -0.4 is 0 Å². The van der Waals surface area contributed by atoms with Gasteiger partial charge in [-0.25, -0.2) is 4.68 Å². The van der Waals surface area contributed by atoms with Gasteiger partial charge in [0.2, 0.25) is 0 Å². The van der Waals surface area contributed by atoms with Crippen LogP contribution in [0.15, 0.2) is 54.9 Å². The Hall–Kier alpha value is -3.23. The van der Waals surface area contributed by atoms with E-state index < -0.39 is 11.9 Å². The average Bonchev–Trinajstić information content (AvgIpc) is 3.37. The number of pyridine rings is 1. The van der Waals surface area contributed by atoms with Crippen LogP contribution in [0.25, 0.3) is 11.3 Å². The summed E-state index contributed by atoms with van der Waals surface area (Å²) >= 11 is 0. The predicted molar refractivity (Wildman–Crippen MR) is 94.3 cm³/mol. The molecule has 4 rings (SSSR count). The van der Waals surface area contributed by atoms with E-state index >= 15 is 0 Å². The topological polar surface area (TPSA) is 63.9 Å². The molecule has 0 bridgehead atoms. The van der Waals surface area contributed by atoms with Crippen molar-refractivity contribution in [1.82, 2.24) is 24.9 Å². The normalized spacial score (nSPS) is 17.1. The molecule has 0 saturated carbocycles. The Labute approximate surface area is 158 Å². The van der Waals surface area contributed by atoms with Gasteiger partial charge in [0.25, 0.3) is 5.91 Å². The van der Waals surface area contributed by atoms with Gasteiger partial charge in [0, 0.05) is 24.8 Å². The Kier molecular flexibility index (Phi) is 4.58. The fraction of sp³-hybridized carbons (Fsp3) is 0.263. The highest BCUT2D eigenvalue weighted by Crippen LogP contribution is 2.28. The van der Waals surface area contributed by atoms with E-state index in [2.05, 4.69) is 15.3 Å². The number of benzene rings is 1. The number of carbonyl (C=O) groups excluding carboxylic acids is 1. The summed E-state index contributed by atoms with van der Waals surface area (Å²) in [5.74, 6) is -0.341. The molecule has 1 atom stereocenters. The molecule has 0 aliphatic carbocycles. The first-order valence-corrected chi connectivity index (χ1v) is 8.71. The fourth-order valence-electron chi connectivity index (χ4n) is 3.21. The first-order chi connectivity index (χ1) is 13.4. The van der Waals surface area contributed by atoms with Crippen molar-refractivity contribution < 1.29 is 18.0 Å². The summed E-state index contributed by atoms with van der Waals surface area (Å²) in [6, 6.07) is 11.6. The Morgan fingerprint density at radius 2 is 1.89 bits per heavy atom. The third-order valence-corrected chi connectivity index (χ3v) is 4.71. The molecule has 144 valence electrons. The maximum absolute atomic E-state index is 12.6. The number of hydrogen-bond acceptors (Lipinski definition) is 4. The minimum atomic E-state index is -4.52. The number of aromatic nitrogens is 4. The lowest BCUT2D eigenvalue weighted by molar-refractivity contribution is -0.141. The highest BCUT2D eigenvalue weighted by Gasteiger charge is 2.33. The molecule has 1 aromatic carbocycles. The molecule has 0 radical (unpaired) electrons. The van der Waals surface area contributed by atoms with E-state index in [0.717, 1.165) is 29.6 Å². The van der Waals surface area contributed by atoms with Crippen LogP contribution in [0, 0.1) is 0 Å². The molecule has 1 fully saturated rings. The number of halogens is 3. The van der Waals surface area contributed by atoms with E-state index in [1.165, 1.54) is 0 Å². The average molecular weight is 387 g/mol. The molecule has 1 aliphatic rings. The van der Waals surface area contributed by atoms with Gasteiger partial charge in [-0.05, 0) is 18.6 Å². The molecular weight excluding hydrogens is 371 g/mol. The molecule has 1 amide bonds. The van der Waals surface area contributed by atoms with Crippen molar-refractivity contribution in [2.45, 2.75) is 18.6 Å². The summed E-state index contributed by atoms with van der Waals surface area (Å²) in [5, 5.41) is 8.36. The van der Waals surface area contributed by atoms with Crippen LogP contribution in [-0.4, -0.2) is 43.9 Å². The van der Waals surface area contributed by atoms with Gasteiger partial charge in [0.1, 0.15) is 11.4 Å². The first-order valence-electron chi connectivity index (χ1n) is 8.71. The molecule has 3 aromatic rings. The molecular formula is C19H16F3N5O. The van der Waals surface area contributed by atoms with E-state index in [-0.39, 0.29) is 17.5 Å². The molecule has 0 spiro atoms. The van der Waals surface area contributed by atoms with Gasteiger partial charge >= 0.3 is 6.18 Å². The second kappa shape index (κ2) is 7.06. The van der Waals surface area contributed by atoms with Gasteiger partial charge < -0.3 is 4.90 Å². The number of likely N-dealkylation sites (tertiary alicyclic amines) is 1. The van der Waals surface area contributed by atoms with Gasteiger partial charge in [-0.1, -0.05) is 35.5 Å². The quantitative estimate of drug-likeness (QED) is 0.691. The summed E-state index contributed by atoms with van der Waals surface area (Å²) in [7, 11) is 0. The zero-order valence-electron chi connectivity index (χ0n) is 14.7. The van der Waals surface area contributed by atoms with Crippen molar-refractivity contribution >= 4 is 5.91 Å². The van der Waals surface area contributed by atoms with Crippen LogP contribution in [0.2, 0.25) is 0 Å². The SMILES string of the molecule is O=C(c1ccc(C(F)(F)F)nc1)N1CC[C@H](n2cc(-c3ccccc3)nn2)C1. The monoisotopic (exact) mass is 387 g/mol. The molecule has 28 heavy (non-hydrogen) atoms. The van der Waals surface area contributed by atoms with Gasteiger partial charge in [-0.3, -0.25) is 9.78 Å². The van der Waals surface area contributed by atoms with Crippen LogP contribution in [0.1, 0.15) is 28.5 Å². The second-order valence-corrected chi connectivity index (χ2v) is 6.57. The van der Waals surface area contributed by atoms with E-state index in [0.29, 0.717) is 19.5 Å². The minimum Gasteiger partial charge on any atom is -0.336 e. The van der Waals surface area contributed by atoms with E-state index in [1.807, 2.05) is 36.5 Å². The van der Waals surface area contributed by atoms with Gasteiger partial charge in [-0.15, -0.1) is 5.10 Å². The summed E-state index contributed by atoms with van der Waals surface area (Å²) < 4.78 is 39.6. The highest BCUT2D eigenvalue weighted by atomic mass is 19.4. The van der Waals surface area contributed by atoms with Gasteiger partial charge in [-0.2, -0.15) is 13.2 Å². The number of nitrogens with zero attached hydrogens (tertiary/aromatic N) is 5. The molecule has 6 nitrogen and oxygen atoms in total. The van der Waals surface area contributed by atoms with Crippen molar-refractivity contribution in [1.29, 1.82) is 0 Å². The van der Waals surface area contributed by atoms with Crippen molar-refractivity contribution in [3.63, 3.8) is 0 Å². The zero-order valence-corrected chi connectivity index (χ0v) is 14.7. The molecule has 0 N–H and O–H groups in total. The first kappa shape index (κ1) is 18.1. The van der Waals surface area contributed by atoms with E-state index in [1.54, 1.807) is 9.58 Å². The summed E-state index contributed by atoms with van der Waals surface area (Å²) in [5.41, 5.74) is 0.824. The predicted octanol–water partition coefficient (Wildman–Crippen LogP) is 3.45. The third kappa shape index (κ3) is 3.60. The molecule has 9 heteroatoms. The Bertz CT molecular complexity index is 969. The molecule has 0 unspecified atom stereocenters. The number of hydrogen-bond donors (Lipinski definition) is 0. The maximum atomic E-state index is 12.6. The molecule has 3 heterocycles. The van der Waals surface area contributed by atoms with Gasteiger partial charge in [0.15, 0.2) is 0 Å². The van der Waals surface area contributed by atoms with Crippen molar-refractivity contribution in [2.24, 2.45) is 0 Å². The smallest absolute Gasteiger partial charge is 0.336 e. The summed E-state index contributed by atoms with van der Waals surface area (Å²) in [6.07, 6.45) is -1.02. The van der Waals surface area contributed by atoms with E-state index in [4.69, 9.17) is 0 Å². The third-order valence-electron chi connectivity index (χ3n) is 4.71. The summed E-state index contributed by atoms with van der Waals surface area (Å²) in [6.45, 7) is 0.905. The second-order valence-electron chi connectivity index (χ2n) is 6.57. The lowest BCUT2D eigenvalue weighted by Crippen LogP contribution is -2.29. The van der Waals surface area contributed by atoms with Crippen molar-refractivity contribution in [3.8, 4) is 11.3 Å². The summed E-state index contributed by atoms with van der Waals surface area (Å²) in [4.78, 5) is 17.5. The number of rotatable bonds is 3. The lowest BCUT2D eigenvalue weighted by atomic mass is 10.2. The van der Waals surface area contributed by atoms with Crippen LogP contribution in [0.4, 0.5) is 13.2 Å². The van der Waals surface area contributed by atoms with E-state index in [9.17, 15) is 18.0 Å². The Balaban J connectivity index is 1.44. The lowest BCUT2D eigenvalue weighted by Gasteiger charge is -2.16. The molecule has 1 saturated heterocycles. The van der Waals surface area contributed by atoms with Crippen LogP contribution in [-0.2, 0) is 6.18 Å².